The van der Waals surface area contributed by atoms with Gasteiger partial charge in [-0.3, -0.25) is 19.3 Å². The number of carbonyl (C=O) groups is 3. The van der Waals surface area contributed by atoms with E-state index in [0.29, 0.717) is 23.1 Å². The lowest BCUT2D eigenvalue weighted by molar-refractivity contribution is -0.120. The zero-order chi connectivity index (χ0) is 23.8. The number of aromatic nitrogens is 1. The maximum Gasteiger partial charge on any atom is 0.240 e. The van der Waals surface area contributed by atoms with Gasteiger partial charge in [0.1, 0.15) is 0 Å². The van der Waals surface area contributed by atoms with E-state index in [1.54, 1.807) is 29.2 Å². The summed E-state index contributed by atoms with van der Waals surface area (Å²) in [7, 11) is 0. The maximum absolute atomic E-state index is 12.5. The molecule has 0 aliphatic rings. The minimum absolute atomic E-state index is 0.0733. The van der Waals surface area contributed by atoms with Crippen LogP contribution in [0.4, 0.5) is 16.5 Å². The molecule has 0 saturated carbocycles. The Hall–Kier alpha value is -3.56. The number of aryl methyl sites for hydroxylation is 1. The van der Waals surface area contributed by atoms with Crippen LogP contribution in [0.25, 0.3) is 11.3 Å². The van der Waals surface area contributed by atoms with Crippen molar-refractivity contribution in [3.8, 4) is 11.3 Å². The van der Waals surface area contributed by atoms with Crippen LogP contribution in [0, 0.1) is 6.92 Å². The number of thiazole rings is 1. The fourth-order valence-electron chi connectivity index (χ4n) is 3.07. The summed E-state index contributed by atoms with van der Waals surface area (Å²) in [5, 5.41) is 10.7. The summed E-state index contributed by atoms with van der Waals surface area (Å²) < 4.78 is 0. The minimum Gasteiger partial charge on any atom is -0.326 e. The lowest BCUT2D eigenvalue weighted by Gasteiger charge is -2.19. The molecule has 33 heavy (non-hydrogen) atoms. The highest BCUT2D eigenvalue weighted by Crippen LogP contribution is 2.25. The lowest BCUT2D eigenvalue weighted by atomic mass is 10.1. The molecular weight excluding hydrogens is 438 g/mol. The molecule has 8 nitrogen and oxygen atoms in total. The molecule has 0 bridgehead atoms. The van der Waals surface area contributed by atoms with Crippen molar-refractivity contribution >= 4 is 45.6 Å². The molecule has 0 atom stereocenters. The second kappa shape index (κ2) is 11.3. The fraction of sp³-hybridized carbons (Fsp3) is 0.250. The first-order valence-corrected chi connectivity index (χ1v) is 11.4. The van der Waals surface area contributed by atoms with E-state index >= 15 is 0 Å². The fourth-order valence-corrected chi connectivity index (χ4v) is 3.81. The first-order chi connectivity index (χ1) is 15.8. The molecular formula is C24H27N5O3S. The summed E-state index contributed by atoms with van der Waals surface area (Å²) in [6.07, 6.45) is 0. The monoisotopic (exact) mass is 465 g/mol. The minimum atomic E-state index is -0.229. The van der Waals surface area contributed by atoms with E-state index in [1.165, 1.54) is 23.8 Å². The number of nitrogens with zero attached hydrogens (tertiary/aromatic N) is 2. The Morgan fingerprint density at radius 3 is 2.03 bits per heavy atom. The Kier molecular flexibility index (Phi) is 8.28. The van der Waals surface area contributed by atoms with Crippen molar-refractivity contribution in [1.82, 2.24) is 9.88 Å². The summed E-state index contributed by atoms with van der Waals surface area (Å²) in [6.45, 7) is 6.04. The summed E-state index contributed by atoms with van der Waals surface area (Å²) >= 11 is 1.36. The number of amides is 3. The smallest absolute Gasteiger partial charge is 0.240 e. The Bertz CT molecular complexity index is 1110. The molecule has 0 fully saturated rings. The average Bonchev–Trinajstić information content (AvgIpc) is 3.23. The van der Waals surface area contributed by atoms with Gasteiger partial charge < -0.3 is 16.0 Å². The van der Waals surface area contributed by atoms with Gasteiger partial charge >= 0.3 is 0 Å². The molecule has 172 valence electrons. The van der Waals surface area contributed by atoms with Crippen LogP contribution in [0.3, 0.4) is 0 Å². The zero-order valence-electron chi connectivity index (χ0n) is 18.8. The average molecular weight is 466 g/mol. The lowest BCUT2D eigenvalue weighted by Crippen LogP contribution is -2.38. The predicted molar refractivity (Wildman–Crippen MR) is 132 cm³/mol. The Labute approximate surface area is 197 Å². The van der Waals surface area contributed by atoms with Crippen molar-refractivity contribution in [1.29, 1.82) is 0 Å². The highest BCUT2D eigenvalue weighted by Gasteiger charge is 2.15. The molecule has 9 heteroatoms. The van der Waals surface area contributed by atoms with Gasteiger partial charge in [-0.1, -0.05) is 36.8 Å². The third-order valence-corrected chi connectivity index (χ3v) is 5.53. The van der Waals surface area contributed by atoms with Gasteiger partial charge in [0.15, 0.2) is 5.13 Å². The molecule has 0 spiro atoms. The molecule has 2 aromatic carbocycles. The van der Waals surface area contributed by atoms with Crippen molar-refractivity contribution in [3.05, 3.63) is 59.5 Å². The molecule has 0 aliphatic heterocycles. The van der Waals surface area contributed by atoms with Crippen molar-refractivity contribution < 1.29 is 14.4 Å². The number of anilines is 3. The van der Waals surface area contributed by atoms with Crippen LogP contribution in [0.1, 0.15) is 19.4 Å². The number of nitrogens with one attached hydrogen (secondary N) is 3. The molecule has 3 rings (SSSR count). The normalized spacial score (nSPS) is 10.7. The Balaban J connectivity index is 1.49. The Morgan fingerprint density at radius 2 is 1.45 bits per heavy atom. The first kappa shape index (κ1) is 24.1. The molecule has 0 saturated heterocycles. The zero-order valence-corrected chi connectivity index (χ0v) is 19.7. The van der Waals surface area contributed by atoms with Crippen LogP contribution in [0.5, 0.6) is 0 Å². The molecule has 1 heterocycles. The molecule has 1 aromatic heterocycles. The van der Waals surface area contributed by atoms with Crippen molar-refractivity contribution in [3.63, 3.8) is 0 Å². The van der Waals surface area contributed by atoms with Gasteiger partial charge in [-0.15, -0.1) is 11.3 Å². The molecule has 0 unspecified atom stereocenters. The van der Waals surface area contributed by atoms with E-state index in [9.17, 15) is 14.4 Å². The number of hydrogen-bond donors (Lipinski definition) is 3. The topological polar surface area (TPSA) is 103 Å². The van der Waals surface area contributed by atoms with Crippen molar-refractivity contribution in [2.75, 3.05) is 35.6 Å². The van der Waals surface area contributed by atoms with Crippen LogP contribution < -0.4 is 16.0 Å². The standard InChI is InChI=1S/C24H27N5O3S/c1-4-29(13-22(31)26-20-11-9-19(10-12-20)25-17(3)30)14-23(32)28-24-27-21(15-33-24)18-7-5-16(2)6-8-18/h5-12,15H,4,13-14H2,1-3H3,(H,25,30)(H,26,31)(H,27,28,32). The highest BCUT2D eigenvalue weighted by molar-refractivity contribution is 7.14. The summed E-state index contributed by atoms with van der Waals surface area (Å²) in [5.74, 6) is -0.616. The van der Waals surface area contributed by atoms with Crippen LogP contribution in [-0.4, -0.2) is 47.2 Å². The quantitative estimate of drug-likeness (QED) is 0.444. The van der Waals surface area contributed by atoms with E-state index in [4.69, 9.17) is 0 Å². The van der Waals surface area contributed by atoms with E-state index in [0.717, 1.165) is 11.3 Å². The SMILES string of the molecule is CCN(CC(=O)Nc1ccc(NC(C)=O)cc1)CC(=O)Nc1nc(-c2ccc(C)cc2)cs1. The number of rotatable bonds is 9. The van der Waals surface area contributed by atoms with Crippen LogP contribution >= 0.6 is 11.3 Å². The van der Waals surface area contributed by atoms with Crippen molar-refractivity contribution in [2.45, 2.75) is 20.8 Å². The second-order valence-electron chi connectivity index (χ2n) is 7.56. The predicted octanol–water partition coefficient (Wildman–Crippen LogP) is 3.98. The van der Waals surface area contributed by atoms with Gasteiger partial charge in [-0.2, -0.15) is 0 Å². The number of benzene rings is 2. The maximum atomic E-state index is 12.5. The number of carbonyl (C=O) groups excluding carboxylic acids is 3. The van der Waals surface area contributed by atoms with Gasteiger partial charge in [-0.25, -0.2) is 4.98 Å². The van der Waals surface area contributed by atoms with E-state index in [-0.39, 0.29) is 30.8 Å². The first-order valence-electron chi connectivity index (χ1n) is 10.5. The van der Waals surface area contributed by atoms with Gasteiger partial charge in [0.2, 0.25) is 17.7 Å². The van der Waals surface area contributed by atoms with Gasteiger partial charge in [0.05, 0.1) is 18.8 Å². The van der Waals surface area contributed by atoms with Crippen LogP contribution in [0.15, 0.2) is 53.9 Å². The Morgan fingerprint density at radius 1 is 0.879 bits per heavy atom. The molecule has 3 amide bonds. The van der Waals surface area contributed by atoms with E-state index in [1.807, 2.05) is 43.5 Å². The summed E-state index contributed by atoms with van der Waals surface area (Å²) in [5.41, 5.74) is 4.25. The third kappa shape index (κ3) is 7.51. The second-order valence-corrected chi connectivity index (χ2v) is 8.42. The number of hydrogen-bond acceptors (Lipinski definition) is 6. The van der Waals surface area contributed by atoms with Crippen LogP contribution in [-0.2, 0) is 14.4 Å². The van der Waals surface area contributed by atoms with Gasteiger partial charge in [-0.05, 0) is 37.7 Å². The highest BCUT2D eigenvalue weighted by atomic mass is 32.1. The van der Waals surface area contributed by atoms with Crippen LogP contribution in [0.2, 0.25) is 0 Å². The molecule has 3 aromatic rings. The van der Waals surface area contributed by atoms with E-state index in [2.05, 4.69) is 20.9 Å². The molecule has 0 radical (unpaired) electrons. The third-order valence-electron chi connectivity index (χ3n) is 4.77. The summed E-state index contributed by atoms with van der Waals surface area (Å²) in [6, 6.07) is 14.9. The largest absolute Gasteiger partial charge is 0.326 e. The van der Waals surface area contributed by atoms with Crippen molar-refractivity contribution in [2.24, 2.45) is 0 Å². The molecule has 3 N–H and O–H groups in total. The van der Waals surface area contributed by atoms with Gasteiger partial charge in [0.25, 0.3) is 0 Å². The molecule has 0 aliphatic carbocycles. The summed E-state index contributed by atoms with van der Waals surface area (Å²) in [4.78, 5) is 42.2. The van der Waals surface area contributed by atoms with Gasteiger partial charge in [0, 0.05) is 29.2 Å². The number of likely N-dealkylation sites (N-methyl/N-ethyl adjacent to an activating group) is 1. The van der Waals surface area contributed by atoms with E-state index < -0.39 is 0 Å².